The Morgan fingerprint density at radius 1 is 1.16 bits per heavy atom. The molecule has 0 atom stereocenters. The number of aromatic nitrogens is 2. The van der Waals surface area contributed by atoms with E-state index in [4.69, 9.17) is 5.90 Å². The smallest absolute Gasteiger partial charge is 0.369 e. The summed E-state index contributed by atoms with van der Waals surface area (Å²) in [5.41, 5.74) is 3.46. The molecule has 0 saturated carbocycles. The van der Waals surface area contributed by atoms with E-state index in [0.717, 1.165) is 22.0 Å². The van der Waals surface area contributed by atoms with Crippen LogP contribution in [0.4, 0.5) is 0 Å². The maximum Gasteiger partial charge on any atom is 0.373 e. The Hall–Kier alpha value is -2.53. The SMILES string of the molecule is NOC(=O)c1[nH]ccc1Cc1c[nH]c2ccccc12. The van der Waals surface area contributed by atoms with Crippen molar-refractivity contribution >= 4 is 16.9 Å². The molecule has 0 fully saturated rings. The van der Waals surface area contributed by atoms with E-state index in [1.807, 2.05) is 30.5 Å². The van der Waals surface area contributed by atoms with E-state index in [1.165, 1.54) is 0 Å². The lowest BCUT2D eigenvalue weighted by Crippen LogP contribution is -2.12. The van der Waals surface area contributed by atoms with Crippen molar-refractivity contribution in [2.45, 2.75) is 6.42 Å². The molecule has 5 heteroatoms. The minimum absolute atomic E-state index is 0.396. The predicted octanol–water partition coefficient (Wildman–Crippen LogP) is 2.12. The second-order valence-electron chi connectivity index (χ2n) is 4.32. The quantitative estimate of drug-likeness (QED) is 0.627. The topological polar surface area (TPSA) is 83.9 Å². The highest BCUT2D eigenvalue weighted by Crippen LogP contribution is 2.22. The van der Waals surface area contributed by atoms with Gasteiger partial charge in [0.2, 0.25) is 0 Å². The molecule has 0 bridgehead atoms. The highest BCUT2D eigenvalue weighted by Gasteiger charge is 2.15. The van der Waals surface area contributed by atoms with E-state index in [2.05, 4.69) is 20.9 Å². The van der Waals surface area contributed by atoms with Gasteiger partial charge in [-0.1, -0.05) is 18.2 Å². The molecule has 19 heavy (non-hydrogen) atoms. The van der Waals surface area contributed by atoms with Crippen LogP contribution in [0.25, 0.3) is 10.9 Å². The van der Waals surface area contributed by atoms with Gasteiger partial charge in [-0.15, -0.1) is 0 Å². The predicted molar refractivity (Wildman–Crippen MR) is 71.5 cm³/mol. The number of rotatable bonds is 3. The number of benzene rings is 1. The summed E-state index contributed by atoms with van der Waals surface area (Å²) < 4.78 is 0. The Morgan fingerprint density at radius 3 is 2.84 bits per heavy atom. The maximum absolute atomic E-state index is 11.5. The Labute approximate surface area is 109 Å². The van der Waals surface area contributed by atoms with Crippen molar-refractivity contribution < 1.29 is 9.63 Å². The fourth-order valence-electron chi connectivity index (χ4n) is 2.28. The average molecular weight is 255 g/mol. The molecule has 0 aliphatic carbocycles. The standard InChI is InChI=1S/C14H13N3O2/c15-19-14(18)13-9(5-6-16-13)7-10-8-17-12-4-2-1-3-11(10)12/h1-6,8,16-17H,7,15H2. The van der Waals surface area contributed by atoms with Gasteiger partial charge in [-0.2, -0.15) is 5.90 Å². The van der Waals surface area contributed by atoms with Gasteiger partial charge in [0, 0.05) is 29.7 Å². The van der Waals surface area contributed by atoms with Crippen molar-refractivity contribution in [1.29, 1.82) is 0 Å². The molecule has 0 spiro atoms. The van der Waals surface area contributed by atoms with Crippen LogP contribution in [0.2, 0.25) is 0 Å². The molecule has 96 valence electrons. The third-order valence-electron chi connectivity index (χ3n) is 3.20. The van der Waals surface area contributed by atoms with Crippen molar-refractivity contribution in [1.82, 2.24) is 9.97 Å². The summed E-state index contributed by atoms with van der Waals surface area (Å²) in [4.78, 5) is 21.8. The zero-order chi connectivity index (χ0) is 13.2. The maximum atomic E-state index is 11.5. The van der Waals surface area contributed by atoms with Gasteiger partial charge in [0.15, 0.2) is 0 Å². The third kappa shape index (κ3) is 2.00. The van der Waals surface area contributed by atoms with Crippen molar-refractivity contribution in [3.05, 3.63) is 59.5 Å². The second kappa shape index (κ2) is 4.62. The molecule has 1 aromatic carbocycles. The summed E-state index contributed by atoms with van der Waals surface area (Å²) in [5, 5.41) is 1.15. The molecule has 0 aliphatic rings. The molecule has 0 aliphatic heterocycles. The monoisotopic (exact) mass is 255 g/mol. The Kier molecular flexibility index (Phi) is 2.81. The Balaban J connectivity index is 1.98. The van der Waals surface area contributed by atoms with Crippen LogP contribution in [0.15, 0.2) is 42.7 Å². The van der Waals surface area contributed by atoms with Gasteiger partial charge >= 0.3 is 5.97 Å². The number of H-pyrrole nitrogens is 2. The molecule has 5 nitrogen and oxygen atoms in total. The van der Waals surface area contributed by atoms with Gasteiger partial charge in [0.05, 0.1) is 0 Å². The average Bonchev–Trinajstić information content (AvgIpc) is 3.06. The summed E-state index contributed by atoms with van der Waals surface area (Å²) in [6.45, 7) is 0. The number of fused-ring (bicyclic) bond motifs is 1. The summed E-state index contributed by atoms with van der Waals surface area (Å²) in [6, 6.07) is 9.90. The number of aromatic amines is 2. The first-order chi connectivity index (χ1) is 9.29. The van der Waals surface area contributed by atoms with Gasteiger partial charge in [0.1, 0.15) is 5.69 Å². The van der Waals surface area contributed by atoms with Crippen molar-refractivity contribution in [3.63, 3.8) is 0 Å². The first kappa shape index (κ1) is 11.6. The van der Waals surface area contributed by atoms with Crippen LogP contribution >= 0.6 is 0 Å². The van der Waals surface area contributed by atoms with Crippen LogP contribution < -0.4 is 5.90 Å². The van der Waals surface area contributed by atoms with Crippen molar-refractivity contribution in [3.8, 4) is 0 Å². The lowest BCUT2D eigenvalue weighted by molar-refractivity contribution is 0.0496. The number of carbonyl (C=O) groups is 1. The fourth-order valence-corrected chi connectivity index (χ4v) is 2.28. The molecule has 2 heterocycles. The molecule has 3 rings (SSSR count). The van der Waals surface area contributed by atoms with Crippen molar-refractivity contribution in [2.75, 3.05) is 0 Å². The second-order valence-corrected chi connectivity index (χ2v) is 4.32. The zero-order valence-electron chi connectivity index (χ0n) is 10.1. The van der Waals surface area contributed by atoms with Crippen LogP contribution in [0.5, 0.6) is 0 Å². The van der Waals surface area contributed by atoms with Crippen LogP contribution in [0, 0.1) is 0 Å². The van der Waals surface area contributed by atoms with Crippen LogP contribution in [-0.4, -0.2) is 15.9 Å². The highest BCUT2D eigenvalue weighted by molar-refractivity contribution is 5.89. The molecular weight excluding hydrogens is 242 g/mol. The first-order valence-electron chi connectivity index (χ1n) is 5.92. The highest BCUT2D eigenvalue weighted by atomic mass is 16.7. The third-order valence-corrected chi connectivity index (χ3v) is 3.20. The van der Waals surface area contributed by atoms with Crippen LogP contribution in [0.1, 0.15) is 21.6 Å². The van der Waals surface area contributed by atoms with E-state index >= 15 is 0 Å². The van der Waals surface area contributed by atoms with Gasteiger partial charge in [0.25, 0.3) is 0 Å². The molecule has 4 N–H and O–H groups in total. The number of hydrogen-bond donors (Lipinski definition) is 3. The lowest BCUT2D eigenvalue weighted by atomic mass is 10.0. The van der Waals surface area contributed by atoms with Crippen LogP contribution in [0.3, 0.4) is 0 Å². The largest absolute Gasteiger partial charge is 0.373 e. The van der Waals surface area contributed by atoms with E-state index in [0.29, 0.717) is 12.1 Å². The molecule has 2 aromatic heterocycles. The van der Waals surface area contributed by atoms with Gasteiger partial charge in [-0.05, 0) is 23.3 Å². The minimum Gasteiger partial charge on any atom is -0.369 e. The summed E-state index contributed by atoms with van der Waals surface area (Å²) in [6.07, 6.45) is 4.30. The van der Waals surface area contributed by atoms with E-state index in [9.17, 15) is 4.79 Å². The Morgan fingerprint density at radius 2 is 2.00 bits per heavy atom. The number of para-hydroxylation sites is 1. The Bertz CT molecular complexity index is 727. The molecule has 0 saturated heterocycles. The number of carbonyl (C=O) groups excluding carboxylic acids is 1. The molecule has 0 unspecified atom stereocenters. The normalized spacial score (nSPS) is 10.8. The zero-order valence-corrected chi connectivity index (χ0v) is 10.1. The summed E-state index contributed by atoms with van der Waals surface area (Å²) >= 11 is 0. The summed E-state index contributed by atoms with van der Waals surface area (Å²) in [5.74, 6) is 4.36. The van der Waals surface area contributed by atoms with Crippen molar-refractivity contribution in [2.24, 2.45) is 5.90 Å². The number of nitrogens with one attached hydrogen (secondary N) is 2. The van der Waals surface area contributed by atoms with E-state index in [-0.39, 0.29) is 0 Å². The fraction of sp³-hybridized carbons (Fsp3) is 0.0714. The van der Waals surface area contributed by atoms with Gasteiger partial charge in [-0.3, -0.25) is 0 Å². The first-order valence-corrected chi connectivity index (χ1v) is 5.92. The molecule has 0 amide bonds. The van der Waals surface area contributed by atoms with Gasteiger partial charge < -0.3 is 14.8 Å². The number of nitrogens with two attached hydrogens (primary N) is 1. The molecule has 3 aromatic rings. The minimum atomic E-state index is -0.556. The molecular formula is C14H13N3O2. The van der Waals surface area contributed by atoms with E-state index < -0.39 is 5.97 Å². The van der Waals surface area contributed by atoms with Gasteiger partial charge in [-0.25, -0.2) is 4.79 Å². The lowest BCUT2D eigenvalue weighted by Gasteiger charge is -2.01. The molecule has 0 radical (unpaired) electrons. The summed E-state index contributed by atoms with van der Waals surface area (Å²) in [7, 11) is 0. The number of hydrogen-bond acceptors (Lipinski definition) is 3. The van der Waals surface area contributed by atoms with E-state index in [1.54, 1.807) is 6.20 Å². The van der Waals surface area contributed by atoms with Crippen LogP contribution in [-0.2, 0) is 11.3 Å².